The Kier molecular flexibility index (Phi) is 5.90. The highest BCUT2D eigenvalue weighted by Gasteiger charge is 2.18. The number of nitrogens with one attached hydrogen (secondary N) is 1. The lowest BCUT2D eigenvalue weighted by atomic mass is 10.1. The molecule has 5 heteroatoms. The number of carbonyl (C=O) groups excluding carboxylic acids is 2. The molecule has 2 rings (SSSR count). The Morgan fingerprint density at radius 1 is 1.29 bits per heavy atom. The van der Waals surface area contributed by atoms with E-state index in [0.717, 1.165) is 13.1 Å². The predicted octanol–water partition coefficient (Wildman–Crippen LogP) is 1.10. The smallest absolute Gasteiger partial charge is 0.220 e. The van der Waals surface area contributed by atoms with E-state index in [1.54, 1.807) is 12.1 Å². The first-order valence-corrected chi connectivity index (χ1v) is 7.30. The Hall–Kier alpha value is -1.72. The minimum Gasteiger partial charge on any atom is -0.374 e. The molecular weight excluding hydrogens is 268 g/mol. The van der Waals surface area contributed by atoms with Crippen LogP contribution in [0.3, 0.4) is 0 Å². The summed E-state index contributed by atoms with van der Waals surface area (Å²) < 4.78 is 5.57. The molecular formula is C16H22N2O3. The molecule has 1 saturated heterocycles. The first-order chi connectivity index (χ1) is 10.1. The largest absolute Gasteiger partial charge is 0.374 e. The molecule has 0 bridgehead atoms. The lowest BCUT2D eigenvalue weighted by Crippen LogP contribution is -2.45. The summed E-state index contributed by atoms with van der Waals surface area (Å²) in [5, 5.41) is 2.84. The molecule has 0 saturated carbocycles. The maximum atomic E-state index is 11.9. The maximum absolute atomic E-state index is 11.9. The summed E-state index contributed by atoms with van der Waals surface area (Å²) >= 11 is 0. The zero-order valence-corrected chi connectivity index (χ0v) is 12.4. The van der Waals surface area contributed by atoms with Gasteiger partial charge in [-0.15, -0.1) is 0 Å². The average molecular weight is 290 g/mol. The highest BCUT2D eigenvalue weighted by Crippen LogP contribution is 2.05. The number of carbonyl (C=O) groups is 2. The van der Waals surface area contributed by atoms with Crippen LogP contribution in [-0.2, 0) is 9.53 Å². The summed E-state index contributed by atoms with van der Waals surface area (Å²) in [4.78, 5) is 25.8. The van der Waals surface area contributed by atoms with Crippen LogP contribution in [-0.4, -0.2) is 56.0 Å². The number of hydrogen-bond acceptors (Lipinski definition) is 4. The van der Waals surface area contributed by atoms with E-state index in [9.17, 15) is 9.59 Å². The van der Waals surface area contributed by atoms with Gasteiger partial charge >= 0.3 is 0 Å². The third-order valence-electron chi connectivity index (χ3n) is 3.54. The van der Waals surface area contributed by atoms with Gasteiger partial charge in [0.15, 0.2) is 5.78 Å². The molecule has 1 aliphatic rings. The Balaban J connectivity index is 1.67. The van der Waals surface area contributed by atoms with Gasteiger partial charge in [-0.25, -0.2) is 0 Å². The van der Waals surface area contributed by atoms with Crippen LogP contribution in [0.15, 0.2) is 30.3 Å². The molecule has 1 aliphatic heterocycles. The normalized spacial score (nSPS) is 19.2. The van der Waals surface area contributed by atoms with Crippen LogP contribution < -0.4 is 5.32 Å². The van der Waals surface area contributed by atoms with Crippen molar-refractivity contribution in [2.45, 2.75) is 18.9 Å². The van der Waals surface area contributed by atoms with Gasteiger partial charge in [-0.05, 0) is 7.05 Å². The van der Waals surface area contributed by atoms with E-state index in [0.29, 0.717) is 18.7 Å². The second kappa shape index (κ2) is 7.90. The van der Waals surface area contributed by atoms with E-state index in [2.05, 4.69) is 10.2 Å². The standard InChI is InChI=1S/C16H22N2O3/c1-18-9-10-21-14(12-18)11-17-16(20)8-7-15(19)13-5-3-2-4-6-13/h2-6,14H,7-12H2,1H3,(H,17,20)/t14-/m0/s1. The van der Waals surface area contributed by atoms with Crippen molar-refractivity contribution in [1.82, 2.24) is 10.2 Å². The number of likely N-dealkylation sites (N-methyl/N-ethyl adjacent to an activating group) is 1. The van der Waals surface area contributed by atoms with Gasteiger partial charge in [0.2, 0.25) is 5.91 Å². The van der Waals surface area contributed by atoms with Gasteiger partial charge in [-0.1, -0.05) is 30.3 Å². The number of morpholine rings is 1. The second-order valence-electron chi connectivity index (χ2n) is 5.35. The highest BCUT2D eigenvalue weighted by molar-refractivity contribution is 5.97. The third kappa shape index (κ3) is 5.28. The lowest BCUT2D eigenvalue weighted by molar-refractivity contribution is -0.122. The molecule has 0 aromatic heterocycles. The van der Waals surface area contributed by atoms with Crippen molar-refractivity contribution in [3.05, 3.63) is 35.9 Å². The summed E-state index contributed by atoms with van der Waals surface area (Å²) in [7, 11) is 2.04. The van der Waals surface area contributed by atoms with E-state index in [-0.39, 0.29) is 30.6 Å². The lowest BCUT2D eigenvalue weighted by Gasteiger charge is -2.30. The molecule has 21 heavy (non-hydrogen) atoms. The minimum absolute atomic E-state index is 0.000556. The van der Waals surface area contributed by atoms with Crippen LogP contribution in [0.4, 0.5) is 0 Å². The van der Waals surface area contributed by atoms with Crippen LogP contribution in [0.1, 0.15) is 23.2 Å². The number of nitrogens with zero attached hydrogens (tertiary/aromatic N) is 1. The number of ketones is 1. The Bertz CT molecular complexity index is 476. The fourth-order valence-corrected chi connectivity index (χ4v) is 2.30. The summed E-state index contributed by atoms with van der Waals surface area (Å²) in [6.07, 6.45) is 0.495. The fourth-order valence-electron chi connectivity index (χ4n) is 2.30. The fraction of sp³-hybridized carbons (Fsp3) is 0.500. The molecule has 1 heterocycles. The van der Waals surface area contributed by atoms with Crippen molar-refractivity contribution < 1.29 is 14.3 Å². The van der Waals surface area contributed by atoms with Gasteiger partial charge < -0.3 is 15.0 Å². The van der Waals surface area contributed by atoms with Crippen molar-refractivity contribution in [2.24, 2.45) is 0 Å². The zero-order chi connectivity index (χ0) is 15.1. The van der Waals surface area contributed by atoms with E-state index in [1.165, 1.54) is 0 Å². The summed E-state index contributed by atoms with van der Waals surface area (Å²) in [5.41, 5.74) is 0.655. The van der Waals surface area contributed by atoms with Crippen LogP contribution in [0.25, 0.3) is 0 Å². The quantitative estimate of drug-likeness (QED) is 0.797. The first kappa shape index (κ1) is 15.7. The minimum atomic E-state index is -0.101. The van der Waals surface area contributed by atoms with E-state index in [4.69, 9.17) is 4.74 Å². The van der Waals surface area contributed by atoms with Gasteiger partial charge in [0, 0.05) is 38.0 Å². The Morgan fingerprint density at radius 2 is 2.05 bits per heavy atom. The topological polar surface area (TPSA) is 58.6 Å². The predicted molar refractivity (Wildman–Crippen MR) is 80.3 cm³/mol. The molecule has 1 aromatic rings. The Morgan fingerprint density at radius 3 is 2.76 bits per heavy atom. The molecule has 0 unspecified atom stereocenters. The van der Waals surface area contributed by atoms with Crippen molar-refractivity contribution >= 4 is 11.7 Å². The summed E-state index contributed by atoms with van der Waals surface area (Å²) in [5.74, 6) is -0.101. The van der Waals surface area contributed by atoms with E-state index >= 15 is 0 Å². The number of benzene rings is 1. The molecule has 0 spiro atoms. The zero-order valence-electron chi connectivity index (χ0n) is 12.4. The number of hydrogen-bond donors (Lipinski definition) is 1. The van der Waals surface area contributed by atoms with Crippen molar-refractivity contribution in [1.29, 1.82) is 0 Å². The third-order valence-corrected chi connectivity index (χ3v) is 3.54. The van der Waals surface area contributed by atoms with E-state index < -0.39 is 0 Å². The molecule has 1 atom stereocenters. The Labute approximate surface area is 125 Å². The molecule has 0 radical (unpaired) electrons. The van der Waals surface area contributed by atoms with Crippen LogP contribution >= 0.6 is 0 Å². The van der Waals surface area contributed by atoms with Crippen LogP contribution in [0.2, 0.25) is 0 Å². The van der Waals surface area contributed by atoms with Crippen LogP contribution in [0.5, 0.6) is 0 Å². The molecule has 1 fully saturated rings. The summed E-state index contributed by atoms with van der Waals surface area (Å²) in [6, 6.07) is 9.05. The molecule has 114 valence electrons. The molecule has 5 nitrogen and oxygen atoms in total. The van der Waals surface area contributed by atoms with Gasteiger partial charge in [0.05, 0.1) is 12.7 Å². The maximum Gasteiger partial charge on any atom is 0.220 e. The number of amides is 1. The highest BCUT2D eigenvalue weighted by atomic mass is 16.5. The van der Waals surface area contributed by atoms with Gasteiger partial charge in [-0.3, -0.25) is 9.59 Å². The van der Waals surface area contributed by atoms with Crippen molar-refractivity contribution in [3.63, 3.8) is 0 Å². The van der Waals surface area contributed by atoms with Gasteiger partial charge in [0.25, 0.3) is 0 Å². The SMILES string of the molecule is CN1CCO[C@@H](CNC(=O)CCC(=O)c2ccccc2)C1. The summed E-state index contributed by atoms with van der Waals surface area (Å²) in [6.45, 7) is 2.95. The molecule has 1 amide bonds. The van der Waals surface area contributed by atoms with Gasteiger partial charge in [0.1, 0.15) is 0 Å². The van der Waals surface area contributed by atoms with E-state index in [1.807, 2.05) is 25.2 Å². The monoisotopic (exact) mass is 290 g/mol. The average Bonchev–Trinajstić information content (AvgIpc) is 2.51. The molecule has 1 N–H and O–H groups in total. The number of ether oxygens (including phenoxy) is 1. The second-order valence-corrected chi connectivity index (χ2v) is 5.35. The number of Topliss-reactive ketones (excluding diaryl/α,β-unsaturated/α-hetero) is 1. The van der Waals surface area contributed by atoms with Gasteiger partial charge in [-0.2, -0.15) is 0 Å². The first-order valence-electron chi connectivity index (χ1n) is 7.30. The number of rotatable bonds is 6. The molecule has 0 aliphatic carbocycles. The molecule has 1 aromatic carbocycles. The van der Waals surface area contributed by atoms with Crippen molar-refractivity contribution in [2.75, 3.05) is 33.3 Å². The van der Waals surface area contributed by atoms with Crippen molar-refractivity contribution in [3.8, 4) is 0 Å². The van der Waals surface area contributed by atoms with Crippen LogP contribution in [0, 0.1) is 0 Å².